The SMILES string of the molecule is Cc1cc(OCC(O)CNCC(C)Oc2ccccc2)c2cc[nH]c2c1. The molecular formula is C21H26N2O3. The van der Waals surface area contributed by atoms with Gasteiger partial charge in [0.05, 0.1) is 0 Å². The maximum atomic E-state index is 10.2. The van der Waals surface area contributed by atoms with Gasteiger partial charge in [-0.15, -0.1) is 0 Å². The molecule has 2 atom stereocenters. The topological polar surface area (TPSA) is 66.5 Å². The molecule has 0 aliphatic heterocycles. The molecule has 0 aliphatic rings. The number of aliphatic hydroxyl groups excluding tert-OH is 1. The van der Waals surface area contributed by atoms with Crippen LogP contribution in [0.2, 0.25) is 0 Å². The van der Waals surface area contributed by atoms with Gasteiger partial charge in [0.2, 0.25) is 0 Å². The Bertz CT molecular complexity index is 816. The zero-order valence-electron chi connectivity index (χ0n) is 15.2. The van der Waals surface area contributed by atoms with E-state index in [9.17, 15) is 5.11 Å². The second-order valence-electron chi connectivity index (χ2n) is 6.57. The first kappa shape index (κ1) is 18.3. The van der Waals surface area contributed by atoms with Gasteiger partial charge in [0.15, 0.2) is 0 Å². The maximum absolute atomic E-state index is 10.2. The van der Waals surface area contributed by atoms with Crippen LogP contribution < -0.4 is 14.8 Å². The predicted octanol–water partition coefficient (Wildman–Crippen LogP) is 3.27. The molecule has 0 radical (unpaired) electrons. The minimum Gasteiger partial charge on any atom is -0.490 e. The van der Waals surface area contributed by atoms with Crippen molar-refractivity contribution in [1.82, 2.24) is 10.3 Å². The van der Waals surface area contributed by atoms with Gasteiger partial charge in [-0.3, -0.25) is 0 Å². The molecule has 5 heteroatoms. The van der Waals surface area contributed by atoms with E-state index in [1.165, 1.54) is 0 Å². The summed E-state index contributed by atoms with van der Waals surface area (Å²) in [6, 6.07) is 15.8. The highest BCUT2D eigenvalue weighted by Gasteiger charge is 2.10. The van der Waals surface area contributed by atoms with Crippen molar-refractivity contribution in [3.63, 3.8) is 0 Å². The number of H-pyrrole nitrogens is 1. The maximum Gasteiger partial charge on any atom is 0.129 e. The van der Waals surface area contributed by atoms with Crippen molar-refractivity contribution in [3.05, 3.63) is 60.3 Å². The third-order valence-corrected chi connectivity index (χ3v) is 4.10. The third-order valence-electron chi connectivity index (χ3n) is 4.10. The number of hydrogen-bond donors (Lipinski definition) is 3. The fourth-order valence-corrected chi connectivity index (χ4v) is 2.86. The first-order valence-corrected chi connectivity index (χ1v) is 8.93. The number of ether oxygens (including phenoxy) is 2. The number of nitrogens with one attached hydrogen (secondary N) is 2. The molecule has 3 rings (SSSR count). The highest BCUT2D eigenvalue weighted by molar-refractivity contribution is 5.86. The molecular weight excluding hydrogens is 328 g/mol. The third kappa shape index (κ3) is 5.00. The smallest absolute Gasteiger partial charge is 0.129 e. The molecule has 0 saturated carbocycles. The van der Waals surface area contributed by atoms with Gasteiger partial charge < -0.3 is 24.9 Å². The lowest BCUT2D eigenvalue weighted by Crippen LogP contribution is -2.36. The van der Waals surface area contributed by atoms with Crippen molar-refractivity contribution in [2.45, 2.75) is 26.1 Å². The number of hydrogen-bond acceptors (Lipinski definition) is 4. The van der Waals surface area contributed by atoms with Crippen LogP contribution in [0.3, 0.4) is 0 Å². The van der Waals surface area contributed by atoms with Gasteiger partial charge in [-0.25, -0.2) is 0 Å². The van der Waals surface area contributed by atoms with E-state index < -0.39 is 6.10 Å². The van der Waals surface area contributed by atoms with Crippen LogP contribution in [-0.4, -0.2) is 42.0 Å². The second kappa shape index (κ2) is 8.74. The van der Waals surface area contributed by atoms with Crippen LogP contribution in [0.1, 0.15) is 12.5 Å². The Morgan fingerprint density at radius 2 is 1.92 bits per heavy atom. The fourth-order valence-electron chi connectivity index (χ4n) is 2.86. The molecule has 2 aromatic carbocycles. The molecule has 1 heterocycles. The van der Waals surface area contributed by atoms with E-state index in [0.717, 1.165) is 28.0 Å². The molecule has 0 saturated heterocycles. The van der Waals surface area contributed by atoms with Gasteiger partial charge in [-0.2, -0.15) is 0 Å². The van der Waals surface area contributed by atoms with E-state index in [4.69, 9.17) is 9.47 Å². The number of para-hydroxylation sites is 1. The summed E-state index contributed by atoms with van der Waals surface area (Å²) < 4.78 is 11.6. The minimum absolute atomic E-state index is 0.0155. The highest BCUT2D eigenvalue weighted by atomic mass is 16.5. The second-order valence-corrected chi connectivity index (χ2v) is 6.57. The molecule has 0 spiro atoms. The zero-order valence-corrected chi connectivity index (χ0v) is 15.2. The van der Waals surface area contributed by atoms with Crippen molar-refractivity contribution >= 4 is 10.9 Å². The summed E-state index contributed by atoms with van der Waals surface area (Å²) in [4.78, 5) is 3.19. The standard InChI is InChI=1S/C21H26N2O3/c1-15-10-20-19(8-9-23-20)21(11-15)25-14-17(24)13-22-12-16(2)26-18-6-4-3-5-7-18/h3-11,16-17,22-24H,12-14H2,1-2H3. The number of aryl methyl sites for hydroxylation is 1. The fraction of sp³-hybridized carbons (Fsp3) is 0.333. The van der Waals surface area contributed by atoms with Crippen LogP contribution in [0.15, 0.2) is 54.7 Å². The van der Waals surface area contributed by atoms with Crippen LogP contribution >= 0.6 is 0 Å². The van der Waals surface area contributed by atoms with Crippen LogP contribution in [0.5, 0.6) is 11.5 Å². The largest absolute Gasteiger partial charge is 0.490 e. The first-order valence-electron chi connectivity index (χ1n) is 8.93. The van der Waals surface area contributed by atoms with Crippen molar-refractivity contribution in [1.29, 1.82) is 0 Å². The predicted molar refractivity (Wildman–Crippen MR) is 104 cm³/mol. The van der Waals surface area contributed by atoms with E-state index in [1.54, 1.807) is 0 Å². The Morgan fingerprint density at radius 1 is 1.12 bits per heavy atom. The van der Waals surface area contributed by atoms with E-state index in [2.05, 4.69) is 16.4 Å². The summed E-state index contributed by atoms with van der Waals surface area (Å²) in [5.74, 6) is 1.64. The minimum atomic E-state index is -0.589. The highest BCUT2D eigenvalue weighted by Crippen LogP contribution is 2.26. The normalized spacial score (nSPS) is 13.5. The van der Waals surface area contributed by atoms with Gasteiger partial charge in [0.1, 0.15) is 30.3 Å². The number of aromatic nitrogens is 1. The Labute approximate surface area is 154 Å². The number of aliphatic hydroxyl groups is 1. The molecule has 3 N–H and O–H groups in total. The van der Waals surface area contributed by atoms with Crippen molar-refractivity contribution < 1.29 is 14.6 Å². The average molecular weight is 354 g/mol. The number of fused-ring (bicyclic) bond motifs is 1. The quantitative estimate of drug-likeness (QED) is 0.552. The lowest BCUT2D eigenvalue weighted by atomic mass is 10.1. The van der Waals surface area contributed by atoms with E-state index >= 15 is 0 Å². The number of rotatable bonds is 9. The molecule has 3 aromatic rings. The Morgan fingerprint density at radius 3 is 2.73 bits per heavy atom. The van der Waals surface area contributed by atoms with Gasteiger partial charge in [0.25, 0.3) is 0 Å². The molecule has 5 nitrogen and oxygen atoms in total. The van der Waals surface area contributed by atoms with Gasteiger partial charge in [0, 0.05) is 30.2 Å². The Kier molecular flexibility index (Phi) is 6.15. The molecule has 1 aromatic heterocycles. The van der Waals surface area contributed by atoms with Crippen LogP contribution in [0.4, 0.5) is 0 Å². The summed E-state index contributed by atoms with van der Waals surface area (Å²) in [5.41, 5.74) is 2.16. The van der Waals surface area contributed by atoms with Crippen LogP contribution in [0.25, 0.3) is 10.9 Å². The first-order chi connectivity index (χ1) is 12.6. The molecule has 26 heavy (non-hydrogen) atoms. The van der Waals surface area contributed by atoms with E-state index in [-0.39, 0.29) is 12.7 Å². The van der Waals surface area contributed by atoms with Crippen molar-refractivity contribution in [2.75, 3.05) is 19.7 Å². The van der Waals surface area contributed by atoms with E-state index in [0.29, 0.717) is 13.1 Å². The Hall–Kier alpha value is -2.50. The zero-order chi connectivity index (χ0) is 18.4. The molecule has 2 unspecified atom stereocenters. The van der Waals surface area contributed by atoms with Crippen LogP contribution in [0, 0.1) is 6.92 Å². The lowest BCUT2D eigenvalue weighted by Gasteiger charge is -2.18. The number of aromatic amines is 1. The molecule has 0 amide bonds. The van der Waals surface area contributed by atoms with Gasteiger partial charge in [-0.1, -0.05) is 18.2 Å². The number of benzene rings is 2. The summed E-state index contributed by atoms with van der Waals surface area (Å²) in [6.45, 7) is 5.37. The summed E-state index contributed by atoms with van der Waals surface area (Å²) >= 11 is 0. The average Bonchev–Trinajstić information content (AvgIpc) is 3.09. The molecule has 0 aliphatic carbocycles. The molecule has 0 fully saturated rings. The monoisotopic (exact) mass is 354 g/mol. The summed E-state index contributed by atoms with van der Waals surface area (Å²) in [7, 11) is 0. The summed E-state index contributed by atoms with van der Waals surface area (Å²) in [6.07, 6.45) is 1.32. The molecule has 0 bridgehead atoms. The van der Waals surface area contributed by atoms with Crippen LogP contribution in [-0.2, 0) is 0 Å². The Balaban J connectivity index is 1.41. The summed E-state index contributed by atoms with van der Waals surface area (Å²) in [5, 5.41) is 14.4. The van der Waals surface area contributed by atoms with Gasteiger partial charge >= 0.3 is 0 Å². The van der Waals surface area contributed by atoms with Gasteiger partial charge in [-0.05, 0) is 49.7 Å². The van der Waals surface area contributed by atoms with E-state index in [1.807, 2.05) is 62.5 Å². The molecule has 138 valence electrons. The van der Waals surface area contributed by atoms with Crippen molar-refractivity contribution in [3.8, 4) is 11.5 Å². The lowest BCUT2D eigenvalue weighted by molar-refractivity contribution is 0.103. The van der Waals surface area contributed by atoms with Crippen molar-refractivity contribution in [2.24, 2.45) is 0 Å².